The van der Waals surface area contributed by atoms with Gasteiger partial charge in [0.05, 0.1) is 17.9 Å². The molecular weight excluding hydrogens is 407 g/mol. The van der Waals surface area contributed by atoms with Crippen LogP contribution in [0.3, 0.4) is 0 Å². The lowest BCUT2D eigenvalue weighted by Crippen LogP contribution is -2.30. The Labute approximate surface area is 185 Å². The smallest absolute Gasteiger partial charge is 0.166 e. The predicted molar refractivity (Wildman–Crippen MR) is 125 cm³/mol. The highest BCUT2D eigenvalue weighted by Crippen LogP contribution is 2.48. The summed E-state index contributed by atoms with van der Waals surface area (Å²) < 4.78 is 12.3. The Morgan fingerprint density at radius 2 is 1.72 bits per heavy atom. The first-order valence-electron chi connectivity index (χ1n) is 9.66. The molecule has 2 aliphatic rings. The topological polar surface area (TPSA) is 56.8 Å². The van der Waals surface area contributed by atoms with Crippen LogP contribution in [0.1, 0.15) is 56.9 Å². The van der Waals surface area contributed by atoms with Crippen molar-refractivity contribution >= 4 is 36.2 Å². The van der Waals surface area contributed by atoms with Crippen LogP contribution in [-0.4, -0.2) is 23.5 Å². The Hall–Kier alpha value is -1.91. The first-order chi connectivity index (χ1) is 12.7. The molecule has 2 N–H and O–H groups in total. The Kier molecular flexibility index (Phi) is 6.51. The summed E-state index contributed by atoms with van der Waals surface area (Å²) in [5.41, 5.74) is 12.1. The number of rotatable bonds is 3. The molecule has 0 bridgehead atoms. The van der Waals surface area contributed by atoms with E-state index in [0.717, 1.165) is 41.3 Å². The minimum absolute atomic E-state index is 0. The number of anilines is 1. The highest BCUT2D eigenvalue weighted by molar-refractivity contribution is 6.16. The van der Waals surface area contributed by atoms with Crippen LogP contribution in [0, 0.1) is 0 Å². The van der Waals surface area contributed by atoms with Crippen LogP contribution in [-0.2, 0) is 12.8 Å². The van der Waals surface area contributed by atoms with E-state index >= 15 is 0 Å². The number of nitrogen functional groups attached to an aromatic ring is 1. The lowest BCUT2D eigenvalue weighted by Gasteiger charge is -2.31. The SMILES string of the molecule is CCOc1cc2c(c3c1OC(C)(C)C3)C(c1ccc(N)cc1)=NC(C)(C)C2.Cl.Cl. The molecule has 0 atom stereocenters. The number of fused-ring (bicyclic) bond motifs is 3. The number of nitrogens with two attached hydrogens (primary N) is 1. The molecule has 0 radical (unpaired) electrons. The Morgan fingerprint density at radius 3 is 2.34 bits per heavy atom. The molecule has 0 unspecified atom stereocenters. The Balaban J connectivity index is 0.00000150. The summed E-state index contributed by atoms with van der Waals surface area (Å²) in [4.78, 5) is 5.14. The molecule has 2 aromatic carbocycles. The second-order valence-corrected chi connectivity index (χ2v) is 8.76. The predicted octanol–water partition coefficient (Wildman–Crippen LogP) is 5.40. The van der Waals surface area contributed by atoms with Crippen molar-refractivity contribution in [2.24, 2.45) is 4.99 Å². The van der Waals surface area contributed by atoms with E-state index in [9.17, 15) is 0 Å². The lowest BCUT2D eigenvalue weighted by atomic mass is 9.81. The number of hydrogen-bond donors (Lipinski definition) is 1. The van der Waals surface area contributed by atoms with Crippen LogP contribution in [0.15, 0.2) is 35.3 Å². The first kappa shape index (κ1) is 23.4. The fraction of sp³-hybridized carbons (Fsp3) is 0.435. The zero-order valence-corrected chi connectivity index (χ0v) is 19.3. The molecule has 2 aromatic rings. The Bertz CT molecular complexity index is 935. The molecule has 0 fully saturated rings. The van der Waals surface area contributed by atoms with Gasteiger partial charge in [-0.15, -0.1) is 24.8 Å². The van der Waals surface area contributed by atoms with E-state index in [2.05, 4.69) is 45.9 Å². The monoisotopic (exact) mass is 436 g/mol. The zero-order chi connectivity index (χ0) is 19.4. The van der Waals surface area contributed by atoms with Gasteiger partial charge in [-0.25, -0.2) is 0 Å². The average Bonchev–Trinajstić information content (AvgIpc) is 2.89. The van der Waals surface area contributed by atoms with Gasteiger partial charge in [0, 0.05) is 28.8 Å². The van der Waals surface area contributed by atoms with Gasteiger partial charge >= 0.3 is 0 Å². The van der Waals surface area contributed by atoms with Crippen molar-refractivity contribution in [2.45, 2.75) is 58.6 Å². The second kappa shape index (κ2) is 8.08. The van der Waals surface area contributed by atoms with Crippen LogP contribution in [0.4, 0.5) is 5.69 Å². The molecule has 0 aliphatic carbocycles. The minimum Gasteiger partial charge on any atom is -0.490 e. The van der Waals surface area contributed by atoms with Crippen LogP contribution < -0.4 is 15.2 Å². The molecule has 158 valence electrons. The molecule has 4 rings (SSSR count). The van der Waals surface area contributed by atoms with Crippen LogP contribution in [0.2, 0.25) is 0 Å². The van der Waals surface area contributed by atoms with Crippen molar-refractivity contribution in [3.8, 4) is 11.5 Å². The molecule has 2 heterocycles. The standard InChI is InChI=1S/C23H28N2O2.2ClH/c1-6-26-18-11-15-12-22(2,3)25-20(14-7-9-16(24)10-8-14)19(15)17-13-23(4,5)27-21(17)18;;/h7-11H,6,12-13,24H2,1-5H3;2*1H. The van der Waals surface area contributed by atoms with E-state index in [1.54, 1.807) is 0 Å². The van der Waals surface area contributed by atoms with E-state index in [0.29, 0.717) is 6.61 Å². The van der Waals surface area contributed by atoms with E-state index < -0.39 is 0 Å². The summed E-state index contributed by atoms with van der Waals surface area (Å²) in [5, 5.41) is 0. The van der Waals surface area contributed by atoms with Crippen molar-refractivity contribution in [3.63, 3.8) is 0 Å². The third-order valence-electron chi connectivity index (χ3n) is 5.17. The molecule has 2 aliphatic heterocycles. The molecule has 6 heteroatoms. The average molecular weight is 437 g/mol. The molecular formula is C23H30Cl2N2O2. The number of hydrogen-bond acceptors (Lipinski definition) is 4. The zero-order valence-electron chi connectivity index (χ0n) is 17.7. The van der Waals surface area contributed by atoms with Gasteiger partial charge in [0.15, 0.2) is 11.5 Å². The number of benzene rings is 2. The summed E-state index contributed by atoms with van der Waals surface area (Å²) >= 11 is 0. The maximum absolute atomic E-state index is 6.30. The first-order valence-corrected chi connectivity index (χ1v) is 9.66. The molecule has 0 spiro atoms. The molecule has 0 saturated heterocycles. The van der Waals surface area contributed by atoms with E-state index in [1.165, 1.54) is 16.7 Å². The maximum Gasteiger partial charge on any atom is 0.166 e. The van der Waals surface area contributed by atoms with Gasteiger partial charge in [0.2, 0.25) is 0 Å². The van der Waals surface area contributed by atoms with Crippen molar-refractivity contribution in [1.29, 1.82) is 0 Å². The van der Waals surface area contributed by atoms with Gasteiger partial charge in [-0.3, -0.25) is 4.99 Å². The summed E-state index contributed by atoms with van der Waals surface area (Å²) in [6.07, 6.45) is 1.73. The van der Waals surface area contributed by atoms with Crippen molar-refractivity contribution in [1.82, 2.24) is 0 Å². The number of nitrogens with zero attached hydrogens (tertiary/aromatic N) is 1. The normalized spacial score (nSPS) is 17.6. The van der Waals surface area contributed by atoms with E-state index in [4.69, 9.17) is 20.2 Å². The molecule has 0 saturated carbocycles. The van der Waals surface area contributed by atoms with Gasteiger partial charge in [-0.05, 0) is 64.8 Å². The lowest BCUT2D eigenvalue weighted by molar-refractivity contribution is 0.132. The molecule has 29 heavy (non-hydrogen) atoms. The van der Waals surface area contributed by atoms with Crippen molar-refractivity contribution in [3.05, 3.63) is 52.6 Å². The quantitative estimate of drug-likeness (QED) is 0.655. The summed E-state index contributed by atoms with van der Waals surface area (Å²) in [6, 6.07) is 10.2. The van der Waals surface area contributed by atoms with Crippen molar-refractivity contribution < 1.29 is 9.47 Å². The summed E-state index contributed by atoms with van der Waals surface area (Å²) in [6.45, 7) is 11.3. The van der Waals surface area contributed by atoms with E-state index in [1.807, 2.05) is 19.1 Å². The third-order valence-corrected chi connectivity index (χ3v) is 5.17. The fourth-order valence-corrected chi connectivity index (χ4v) is 4.18. The number of ether oxygens (including phenoxy) is 2. The third kappa shape index (κ3) is 4.34. The fourth-order valence-electron chi connectivity index (χ4n) is 4.18. The van der Waals surface area contributed by atoms with Gasteiger partial charge in [-0.2, -0.15) is 0 Å². The van der Waals surface area contributed by atoms with E-state index in [-0.39, 0.29) is 36.0 Å². The number of halogens is 2. The molecule has 4 nitrogen and oxygen atoms in total. The van der Waals surface area contributed by atoms with Crippen LogP contribution >= 0.6 is 24.8 Å². The maximum atomic E-state index is 6.30. The highest BCUT2D eigenvalue weighted by Gasteiger charge is 2.39. The largest absolute Gasteiger partial charge is 0.490 e. The van der Waals surface area contributed by atoms with Crippen LogP contribution in [0.25, 0.3) is 0 Å². The minimum atomic E-state index is -0.248. The van der Waals surface area contributed by atoms with Gasteiger partial charge in [-0.1, -0.05) is 12.1 Å². The van der Waals surface area contributed by atoms with Gasteiger partial charge in [0.1, 0.15) is 5.60 Å². The second-order valence-electron chi connectivity index (χ2n) is 8.76. The van der Waals surface area contributed by atoms with Gasteiger partial charge < -0.3 is 15.2 Å². The highest BCUT2D eigenvalue weighted by atomic mass is 35.5. The molecule has 0 amide bonds. The summed E-state index contributed by atoms with van der Waals surface area (Å²) in [7, 11) is 0. The number of aliphatic imine (C=N–C) groups is 1. The molecule has 0 aromatic heterocycles. The summed E-state index contributed by atoms with van der Waals surface area (Å²) in [5.74, 6) is 1.73. The van der Waals surface area contributed by atoms with Gasteiger partial charge in [0.25, 0.3) is 0 Å². The Morgan fingerprint density at radius 1 is 1.07 bits per heavy atom. The van der Waals surface area contributed by atoms with Crippen LogP contribution in [0.5, 0.6) is 11.5 Å². The van der Waals surface area contributed by atoms with Crippen molar-refractivity contribution in [2.75, 3.05) is 12.3 Å².